The maximum Gasteiger partial charge on any atom is 0.119 e. The first-order valence-corrected chi connectivity index (χ1v) is 5.69. The van der Waals surface area contributed by atoms with Crippen molar-refractivity contribution in [3.8, 4) is 5.75 Å². The normalized spacial score (nSPS) is 12.4. The van der Waals surface area contributed by atoms with Crippen molar-refractivity contribution in [1.82, 2.24) is 0 Å². The van der Waals surface area contributed by atoms with Gasteiger partial charge in [0.05, 0.1) is 7.11 Å². The summed E-state index contributed by atoms with van der Waals surface area (Å²) in [7, 11) is 1.68. The Morgan fingerprint density at radius 2 is 1.94 bits per heavy atom. The summed E-state index contributed by atoms with van der Waals surface area (Å²) in [6, 6.07) is 12.3. The second kappa shape index (κ2) is 5.02. The molecule has 2 rings (SSSR count). The summed E-state index contributed by atoms with van der Waals surface area (Å²) in [6.45, 7) is 3.71. The van der Waals surface area contributed by atoms with Gasteiger partial charge in [-0.3, -0.25) is 0 Å². The third-order valence-corrected chi connectivity index (χ3v) is 2.92. The quantitative estimate of drug-likeness (QED) is 0.812. The second-order valence-electron chi connectivity index (χ2n) is 4.10. The maximum atomic E-state index is 6.06. The van der Waals surface area contributed by atoms with E-state index in [0.717, 1.165) is 17.7 Å². The van der Waals surface area contributed by atoms with Gasteiger partial charge < -0.3 is 10.5 Å². The molecular weight excluding hydrogens is 210 g/mol. The van der Waals surface area contributed by atoms with Gasteiger partial charge in [-0.1, -0.05) is 24.3 Å². The lowest BCUT2D eigenvalue weighted by Gasteiger charge is -2.11. The molecule has 1 atom stereocenters. The first kappa shape index (κ1) is 11.7. The molecular formula is C15H17NO. The van der Waals surface area contributed by atoms with Crippen LogP contribution in [0.15, 0.2) is 49.1 Å². The number of hydrogen-bond donors (Lipinski definition) is 1. The van der Waals surface area contributed by atoms with Gasteiger partial charge >= 0.3 is 0 Å². The fourth-order valence-electron chi connectivity index (χ4n) is 1.92. The zero-order valence-electron chi connectivity index (χ0n) is 10.0. The lowest BCUT2D eigenvalue weighted by molar-refractivity contribution is 0.415. The van der Waals surface area contributed by atoms with Gasteiger partial charge in [0, 0.05) is 6.04 Å². The predicted octanol–water partition coefficient (Wildman–Crippen LogP) is 3.42. The summed E-state index contributed by atoms with van der Waals surface area (Å²) >= 11 is 0. The van der Waals surface area contributed by atoms with E-state index >= 15 is 0 Å². The van der Waals surface area contributed by atoms with E-state index in [1.807, 2.05) is 18.2 Å². The highest BCUT2D eigenvalue weighted by atomic mass is 16.5. The van der Waals surface area contributed by atoms with E-state index in [0.29, 0.717) is 0 Å². The molecule has 0 aliphatic rings. The molecule has 2 N–H and O–H groups in total. The monoisotopic (exact) mass is 227 g/mol. The minimum atomic E-state index is 0.0269. The van der Waals surface area contributed by atoms with Crippen molar-refractivity contribution in [1.29, 1.82) is 0 Å². The summed E-state index contributed by atoms with van der Waals surface area (Å²) in [5.74, 6) is 0.876. The van der Waals surface area contributed by atoms with Crippen LogP contribution in [0.5, 0.6) is 5.75 Å². The van der Waals surface area contributed by atoms with Crippen molar-refractivity contribution in [2.24, 2.45) is 5.73 Å². The Morgan fingerprint density at radius 3 is 2.65 bits per heavy atom. The van der Waals surface area contributed by atoms with Gasteiger partial charge in [0.2, 0.25) is 0 Å². The molecule has 0 aliphatic carbocycles. The Bertz CT molecular complexity index is 533. The summed E-state index contributed by atoms with van der Waals surface area (Å²) < 4.78 is 5.20. The molecule has 2 aromatic carbocycles. The van der Waals surface area contributed by atoms with Crippen LogP contribution in [-0.2, 0) is 0 Å². The molecule has 0 radical (unpaired) electrons. The molecule has 0 amide bonds. The third kappa shape index (κ3) is 2.48. The highest BCUT2D eigenvalue weighted by Gasteiger charge is 2.05. The van der Waals surface area contributed by atoms with E-state index in [4.69, 9.17) is 10.5 Å². The predicted molar refractivity (Wildman–Crippen MR) is 72.2 cm³/mol. The number of nitrogens with two attached hydrogens (primary N) is 1. The first-order valence-electron chi connectivity index (χ1n) is 5.69. The SMILES string of the molecule is C=CC[C@H](N)c1ccc2cc(OC)ccc2c1. The van der Waals surface area contributed by atoms with Gasteiger partial charge in [-0.15, -0.1) is 6.58 Å². The molecule has 0 spiro atoms. The molecule has 0 fully saturated rings. The number of benzene rings is 2. The van der Waals surface area contributed by atoms with E-state index in [1.54, 1.807) is 7.11 Å². The Labute approximate surface area is 102 Å². The van der Waals surface area contributed by atoms with Gasteiger partial charge in [0.25, 0.3) is 0 Å². The smallest absolute Gasteiger partial charge is 0.119 e. The molecule has 0 bridgehead atoms. The van der Waals surface area contributed by atoms with E-state index in [2.05, 4.69) is 30.8 Å². The van der Waals surface area contributed by atoms with Crippen LogP contribution < -0.4 is 10.5 Å². The zero-order chi connectivity index (χ0) is 12.3. The van der Waals surface area contributed by atoms with Crippen LogP contribution in [0.3, 0.4) is 0 Å². The van der Waals surface area contributed by atoms with E-state index < -0.39 is 0 Å². The van der Waals surface area contributed by atoms with E-state index in [9.17, 15) is 0 Å². The standard InChI is InChI=1S/C15H17NO/c1-3-4-15(16)13-6-5-12-10-14(17-2)8-7-11(12)9-13/h3,5-10,15H,1,4,16H2,2H3/t15-/m0/s1. The molecule has 17 heavy (non-hydrogen) atoms. The molecule has 0 unspecified atom stereocenters. The van der Waals surface area contributed by atoms with Gasteiger partial charge in [-0.2, -0.15) is 0 Å². The lowest BCUT2D eigenvalue weighted by Crippen LogP contribution is -2.08. The molecule has 0 saturated carbocycles. The maximum absolute atomic E-state index is 6.06. The van der Waals surface area contributed by atoms with Crippen LogP contribution >= 0.6 is 0 Å². The van der Waals surface area contributed by atoms with Crippen molar-refractivity contribution >= 4 is 10.8 Å². The summed E-state index contributed by atoms with van der Waals surface area (Å²) in [5.41, 5.74) is 7.20. The van der Waals surface area contributed by atoms with Crippen LogP contribution in [0.4, 0.5) is 0 Å². The molecule has 2 aromatic rings. The van der Waals surface area contributed by atoms with Crippen LogP contribution in [-0.4, -0.2) is 7.11 Å². The first-order chi connectivity index (χ1) is 8.24. The van der Waals surface area contributed by atoms with Crippen molar-refractivity contribution in [2.75, 3.05) is 7.11 Å². The summed E-state index contributed by atoms with van der Waals surface area (Å²) in [5, 5.41) is 2.35. The Balaban J connectivity index is 2.40. The van der Waals surface area contributed by atoms with Crippen LogP contribution in [0.25, 0.3) is 10.8 Å². The number of fused-ring (bicyclic) bond motifs is 1. The molecule has 0 aliphatic heterocycles. The Kier molecular flexibility index (Phi) is 3.45. The number of ether oxygens (including phenoxy) is 1. The number of hydrogen-bond acceptors (Lipinski definition) is 2. The largest absolute Gasteiger partial charge is 0.497 e. The average Bonchev–Trinajstić information content (AvgIpc) is 2.37. The average molecular weight is 227 g/mol. The number of rotatable bonds is 4. The molecule has 0 heterocycles. The zero-order valence-corrected chi connectivity index (χ0v) is 10.0. The molecule has 2 heteroatoms. The fraction of sp³-hybridized carbons (Fsp3) is 0.200. The Morgan fingerprint density at radius 1 is 1.24 bits per heavy atom. The van der Waals surface area contributed by atoms with Crippen LogP contribution in [0.2, 0.25) is 0 Å². The molecule has 0 aromatic heterocycles. The summed E-state index contributed by atoms with van der Waals surface area (Å²) in [6.07, 6.45) is 2.64. The van der Waals surface area contributed by atoms with E-state index in [-0.39, 0.29) is 6.04 Å². The van der Waals surface area contributed by atoms with Crippen molar-refractivity contribution in [2.45, 2.75) is 12.5 Å². The second-order valence-corrected chi connectivity index (χ2v) is 4.10. The topological polar surface area (TPSA) is 35.2 Å². The minimum Gasteiger partial charge on any atom is -0.497 e. The van der Waals surface area contributed by atoms with Crippen LogP contribution in [0.1, 0.15) is 18.0 Å². The van der Waals surface area contributed by atoms with Gasteiger partial charge in [0.1, 0.15) is 5.75 Å². The van der Waals surface area contributed by atoms with Crippen molar-refractivity contribution in [3.63, 3.8) is 0 Å². The third-order valence-electron chi connectivity index (χ3n) is 2.92. The molecule has 0 saturated heterocycles. The van der Waals surface area contributed by atoms with Crippen LogP contribution in [0, 0.1) is 0 Å². The van der Waals surface area contributed by atoms with E-state index in [1.165, 1.54) is 10.8 Å². The molecule has 2 nitrogen and oxygen atoms in total. The summed E-state index contributed by atoms with van der Waals surface area (Å²) in [4.78, 5) is 0. The lowest BCUT2D eigenvalue weighted by atomic mass is 10.0. The highest BCUT2D eigenvalue weighted by molar-refractivity contribution is 5.84. The Hall–Kier alpha value is -1.80. The van der Waals surface area contributed by atoms with Gasteiger partial charge in [-0.05, 0) is 41.0 Å². The van der Waals surface area contributed by atoms with Crippen molar-refractivity contribution < 1.29 is 4.74 Å². The van der Waals surface area contributed by atoms with Gasteiger partial charge in [0.15, 0.2) is 0 Å². The highest BCUT2D eigenvalue weighted by Crippen LogP contribution is 2.24. The number of methoxy groups -OCH3 is 1. The fourth-order valence-corrected chi connectivity index (χ4v) is 1.92. The van der Waals surface area contributed by atoms with Crippen molar-refractivity contribution in [3.05, 3.63) is 54.6 Å². The minimum absolute atomic E-state index is 0.0269. The van der Waals surface area contributed by atoms with Gasteiger partial charge in [-0.25, -0.2) is 0 Å². The molecule has 88 valence electrons.